The van der Waals surface area contributed by atoms with Gasteiger partial charge in [-0.15, -0.1) is 0 Å². The highest BCUT2D eigenvalue weighted by atomic mass is 16.5. The molecule has 1 atom stereocenters. The van der Waals surface area contributed by atoms with Crippen molar-refractivity contribution >= 4 is 0 Å². The molecule has 0 amide bonds. The van der Waals surface area contributed by atoms with Gasteiger partial charge >= 0.3 is 0 Å². The van der Waals surface area contributed by atoms with Gasteiger partial charge in [-0.1, -0.05) is 6.42 Å². The minimum absolute atomic E-state index is 0.416. The molecule has 1 saturated heterocycles. The first-order valence-corrected chi connectivity index (χ1v) is 8.53. The van der Waals surface area contributed by atoms with E-state index in [1.165, 1.54) is 44.9 Å². The molecule has 3 nitrogen and oxygen atoms in total. The first kappa shape index (κ1) is 14.7. The fourth-order valence-corrected chi connectivity index (χ4v) is 3.31. The van der Waals surface area contributed by atoms with E-state index < -0.39 is 0 Å². The van der Waals surface area contributed by atoms with Crippen molar-refractivity contribution in [2.75, 3.05) is 13.2 Å². The maximum absolute atomic E-state index is 6.03. The van der Waals surface area contributed by atoms with E-state index >= 15 is 0 Å². The first-order valence-electron chi connectivity index (χ1n) is 8.53. The lowest BCUT2D eigenvalue weighted by molar-refractivity contribution is 0.155. The number of ether oxygens (including phenoxy) is 2. The Kier molecular flexibility index (Phi) is 5.39. The maximum atomic E-state index is 6.03. The van der Waals surface area contributed by atoms with E-state index in [-0.39, 0.29) is 0 Å². The summed E-state index contributed by atoms with van der Waals surface area (Å²) in [6.07, 6.45) is 10.5. The minimum Gasteiger partial charge on any atom is -0.494 e. The van der Waals surface area contributed by atoms with E-state index in [1.807, 2.05) is 24.3 Å². The number of hydrogen-bond donors (Lipinski definition) is 1. The second kappa shape index (κ2) is 7.69. The summed E-state index contributed by atoms with van der Waals surface area (Å²) in [5.74, 6) is 1.93. The summed E-state index contributed by atoms with van der Waals surface area (Å²) in [6, 6.07) is 8.79. The maximum Gasteiger partial charge on any atom is 0.119 e. The van der Waals surface area contributed by atoms with Crippen molar-refractivity contribution in [3.05, 3.63) is 24.3 Å². The SMILES string of the molecule is c1cc(OC2CCCCC2)ccc1OCCC1CCCN1. The normalized spacial score (nSPS) is 23.1. The van der Waals surface area contributed by atoms with Crippen molar-refractivity contribution in [2.24, 2.45) is 0 Å². The van der Waals surface area contributed by atoms with Crippen LogP contribution in [0.5, 0.6) is 11.5 Å². The van der Waals surface area contributed by atoms with Crippen LogP contribution in [0.2, 0.25) is 0 Å². The van der Waals surface area contributed by atoms with Crippen LogP contribution in [0.1, 0.15) is 51.4 Å². The van der Waals surface area contributed by atoms with Crippen LogP contribution >= 0.6 is 0 Å². The van der Waals surface area contributed by atoms with Crippen LogP contribution in [-0.2, 0) is 0 Å². The van der Waals surface area contributed by atoms with Gasteiger partial charge in [-0.05, 0) is 75.8 Å². The molecule has 0 bridgehead atoms. The summed E-state index contributed by atoms with van der Waals surface area (Å²) in [6.45, 7) is 1.96. The number of hydrogen-bond acceptors (Lipinski definition) is 3. The van der Waals surface area contributed by atoms with Crippen LogP contribution in [0.15, 0.2) is 24.3 Å². The molecule has 1 saturated carbocycles. The van der Waals surface area contributed by atoms with Gasteiger partial charge in [-0.25, -0.2) is 0 Å². The highest BCUT2D eigenvalue weighted by Gasteiger charge is 2.15. The molecule has 1 aliphatic heterocycles. The summed E-state index contributed by atoms with van der Waals surface area (Å²) in [7, 11) is 0. The molecule has 21 heavy (non-hydrogen) atoms. The molecule has 116 valence electrons. The molecule has 2 fully saturated rings. The number of rotatable bonds is 6. The fourth-order valence-electron chi connectivity index (χ4n) is 3.31. The highest BCUT2D eigenvalue weighted by molar-refractivity contribution is 5.31. The zero-order valence-corrected chi connectivity index (χ0v) is 12.9. The van der Waals surface area contributed by atoms with Crippen LogP contribution in [0.3, 0.4) is 0 Å². The Bertz CT molecular complexity index is 406. The number of benzene rings is 1. The van der Waals surface area contributed by atoms with Gasteiger partial charge in [0.15, 0.2) is 0 Å². The van der Waals surface area contributed by atoms with Gasteiger partial charge in [-0.2, -0.15) is 0 Å². The Morgan fingerprint density at radius 1 is 0.905 bits per heavy atom. The Balaban J connectivity index is 1.40. The Hall–Kier alpha value is -1.22. The molecule has 3 rings (SSSR count). The molecule has 1 aliphatic carbocycles. The van der Waals surface area contributed by atoms with Crippen molar-refractivity contribution in [3.63, 3.8) is 0 Å². The summed E-state index contributed by atoms with van der Waals surface area (Å²) >= 11 is 0. The third kappa shape index (κ3) is 4.63. The van der Waals surface area contributed by atoms with Crippen molar-refractivity contribution < 1.29 is 9.47 Å². The van der Waals surface area contributed by atoms with Gasteiger partial charge in [0, 0.05) is 6.04 Å². The standard InChI is InChI=1S/C18H27NO2/c1-2-6-17(7-3-1)21-18-10-8-16(9-11-18)20-14-12-15-5-4-13-19-15/h8-11,15,17,19H,1-7,12-14H2. The highest BCUT2D eigenvalue weighted by Crippen LogP contribution is 2.25. The van der Waals surface area contributed by atoms with Gasteiger partial charge in [0.05, 0.1) is 12.7 Å². The van der Waals surface area contributed by atoms with Crippen molar-refractivity contribution in [1.29, 1.82) is 0 Å². The summed E-state index contributed by atoms with van der Waals surface area (Å²) < 4.78 is 11.8. The zero-order valence-electron chi connectivity index (χ0n) is 12.9. The topological polar surface area (TPSA) is 30.5 Å². The lowest BCUT2D eigenvalue weighted by Crippen LogP contribution is -2.23. The molecule has 1 aromatic carbocycles. The summed E-state index contributed by atoms with van der Waals surface area (Å²) in [5.41, 5.74) is 0. The molecule has 0 radical (unpaired) electrons. The van der Waals surface area contributed by atoms with E-state index in [1.54, 1.807) is 0 Å². The molecule has 0 spiro atoms. The van der Waals surface area contributed by atoms with Crippen LogP contribution in [-0.4, -0.2) is 25.3 Å². The Morgan fingerprint density at radius 2 is 1.67 bits per heavy atom. The largest absolute Gasteiger partial charge is 0.494 e. The van der Waals surface area contributed by atoms with Gasteiger partial charge in [0.2, 0.25) is 0 Å². The smallest absolute Gasteiger partial charge is 0.119 e. The summed E-state index contributed by atoms with van der Waals surface area (Å²) in [5, 5.41) is 3.50. The predicted octanol–water partition coefficient (Wildman–Crippen LogP) is 3.92. The van der Waals surface area contributed by atoms with Crippen LogP contribution in [0, 0.1) is 0 Å². The third-order valence-electron chi connectivity index (χ3n) is 4.58. The van der Waals surface area contributed by atoms with E-state index in [0.29, 0.717) is 12.1 Å². The van der Waals surface area contributed by atoms with Gasteiger partial charge < -0.3 is 14.8 Å². The molecule has 2 aliphatic rings. The summed E-state index contributed by atoms with van der Waals surface area (Å²) in [4.78, 5) is 0. The molecule has 1 unspecified atom stereocenters. The predicted molar refractivity (Wildman–Crippen MR) is 85.1 cm³/mol. The molecule has 3 heteroatoms. The molecule has 0 aromatic heterocycles. The van der Waals surface area contributed by atoms with E-state index in [2.05, 4.69) is 5.32 Å². The third-order valence-corrected chi connectivity index (χ3v) is 4.58. The van der Waals surface area contributed by atoms with Gasteiger partial charge in [0.25, 0.3) is 0 Å². The molecule has 1 heterocycles. The van der Waals surface area contributed by atoms with E-state index in [9.17, 15) is 0 Å². The molecule has 1 N–H and O–H groups in total. The first-order chi connectivity index (χ1) is 10.4. The van der Waals surface area contributed by atoms with Crippen LogP contribution in [0.25, 0.3) is 0 Å². The van der Waals surface area contributed by atoms with Gasteiger partial charge in [-0.3, -0.25) is 0 Å². The van der Waals surface area contributed by atoms with Crippen molar-refractivity contribution in [3.8, 4) is 11.5 Å². The lowest BCUT2D eigenvalue weighted by atomic mass is 9.98. The average molecular weight is 289 g/mol. The fraction of sp³-hybridized carbons (Fsp3) is 0.667. The van der Waals surface area contributed by atoms with E-state index in [0.717, 1.165) is 31.1 Å². The van der Waals surface area contributed by atoms with Crippen LogP contribution < -0.4 is 14.8 Å². The van der Waals surface area contributed by atoms with Crippen molar-refractivity contribution in [2.45, 2.75) is 63.5 Å². The molecule has 1 aromatic rings. The lowest BCUT2D eigenvalue weighted by Gasteiger charge is -2.23. The quantitative estimate of drug-likeness (QED) is 0.861. The Morgan fingerprint density at radius 3 is 2.38 bits per heavy atom. The monoisotopic (exact) mass is 289 g/mol. The number of nitrogens with one attached hydrogen (secondary N) is 1. The molecular formula is C18H27NO2. The van der Waals surface area contributed by atoms with Gasteiger partial charge in [0.1, 0.15) is 11.5 Å². The second-order valence-electron chi connectivity index (χ2n) is 6.28. The van der Waals surface area contributed by atoms with E-state index in [4.69, 9.17) is 9.47 Å². The average Bonchev–Trinajstić information content (AvgIpc) is 3.03. The zero-order chi connectivity index (χ0) is 14.3. The van der Waals surface area contributed by atoms with Crippen molar-refractivity contribution in [1.82, 2.24) is 5.32 Å². The van der Waals surface area contributed by atoms with Crippen LogP contribution in [0.4, 0.5) is 0 Å². The molecular weight excluding hydrogens is 262 g/mol. The second-order valence-corrected chi connectivity index (χ2v) is 6.28. The minimum atomic E-state index is 0.416. The Labute approximate surface area is 128 Å².